The predicted molar refractivity (Wildman–Crippen MR) is 225 cm³/mol. The topological polar surface area (TPSA) is 36.1 Å². The summed E-state index contributed by atoms with van der Waals surface area (Å²) in [7, 11) is 0. The lowest BCUT2D eigenvalue weighted by atomic mass is 10.0. The molecule has 4 nitrogen and oxygen atoms in total. The van der Waals surface area contributed by atoms with Gasteiger partial charge in [0.25, 0.3) is 0 Å². The van der Waals surface area contributed by atoms with Gasteiger partial charge in [-0.1, -0.05) is 84.9 Å². The lowest BCUT2D eigenvalue weighted by Crippen LogP contribution is -1.93. The van der Waals surface area contributed by atoms with Gasteiger partial charge in [-0.05, 0) is 106 Å². The van der Waals surface area contributed by atoms with Gasteiger partial charge < -0.3 is 18.0 Å². The van der Waals surface area contributed by atoms with Crippen LogP contribution in [0.2, 0.25) is 0 Å². The minimum absolute atomic E-state index is 0.827. The van der Waals surface area contributed by atoms with Crippen molar-refractivity contribution in [3.05, 3.63) is 170 Å². The highest BCUT2D eigenvalue weighted by atomic mass is 16.3. The fourth-order valence-electron chi connectivity index (χ4n) is 9.23. The number of benzene rings is 9. The van der Waals surface area contributed by atoms with Crippen LogP contribution < -0.4 is 0 Å². The van der Waals surface area contributed by atoms with Crippen molar-refractivity contribution in [2.75, 3.05) is 0 Å². The normalized spacial score (nSPS) is 12.4. The van der Waals surface area contributed by atoms with Gasteiger partial charge in [-0.2, -0.15) is 0 Å². The molecular formula is C50H28N2O2. The zero-order chi connectivity index (χ0) is 35.1. The van der Waals surface area contributed by atoms with Crippen molar-refractivity contribution in [1.29, 1.82) is 0 Å². The number of fused-ring (bicyclic) bond motifs is 15. The van der Waals surface area contributed by atoms with Gasteiger partial charge in [0.2, 0.25) is 0 Å². The van der Waals surface area contributed by atoms with Crippen molar-refractivity contribution in [2.45, 2.75) is 0 Å². The molecule has 4 heteroatoms. The lowest BCUT2D eigenvalue weighted by molar-refractivity contribution is 0.663. The van der Waals surface area contributed by atoms with Crippen molar-refractivity contribution >= 4 is 109 Å². The summed E-state index contributed by atoms with van der Waals surface area (Å²) in [6.45, 7) is 0. The molecule has 0 atom stereocenters. The van der Waals surface area contributed by atoms with Gasteiger partial charge in [-0.3, -0.25) is 0 Å². The molecule has 0 radical (unpaired) electrons. The molecule has 54 heavy (non-hydrogen) atoms. The number of nitrogens with zero attached hydrogens (tertiary/aromatic N) is 2. The van der Waals surface area contributed by atoms with E-state index >= 15 is 0 Å². The van der Waals surface area contributed by atoms with E-state index in [2.05, 4.69) is 179 Å². The first-order chi connectivity index (χ1) is 26.7. The number of furan rings is 2. The average molecular weight is 689 g/mol. The van der Waals surface area contributed by atoms with E-state index in [9.17, 15) is 0 Å². The van der Waals surface area contributed by atoms with E-state index in [0.29, 0.717) is 0 Å². The Labute approximate surface area is 307 Å². The van der Waals surface area contributed by atoms with Crippen LogP contribution in [0.25, 0.3) is 120 Å². The van der Waals surface area contributed by atoms with Gasteiger partial charge in [0.15, 0.2) is 0 Å². The fraction of sp³-hybridized carbons (Fsp3) is 0. The van der Waals surface area contributed by atoms with Crippen LogP contribution in [0.5, 0.6) is 0 Å². The second-order valence-corrected chi connectivity index (χ2v) is 14.5. The number of rotatable bonds is 2. The van der Waals surface area contributed by atoms with Crippen LogP contribution in [0, 0.1) is 0 Å². The Kier molecular flexibility index (Phi) is 5.34. The second kappa shape index (κ2) is 10.2. The molecule has 4 heterocycles. The van der Waals surface area contributed by atoms with E-state index in [0.717, 1.165) is 71.4 Å². The molecule has 13 rings (SSSR count). The molecule has 9 aromatic carbocycles. The third-order valence-corrected chi connectivity index (χ3v) is 11.6. The van der Waals surface area contributed by atoms with Crippen molar-refractivity contribution in [1.82, 2.24) is 9.13 Å². The Morgan fingerprint density at radius 2 is 0.759 bits per heavy atom. The van der Waals surface area contributed by atoms with E-state index in [4.69, 9.17) is 8.83 Å². The summed E-state index contributed by atoms with van der Waals surface area (Å²) in [5.41, 5.74) is 10.5. The summed E-state index contributed by atoms with van der Waals surface area (Å²) in [6.07, 6.45) is 0. The highest BCUT2D eigenvalue weighted by Crippen LogP contribution is 2.42. The first-order valence-corrected chi connectivity index (χ1v) is 18.4. The summed E-state index contributed by atoms with van der Waals surface area (Å²) >= 11 is 0. The van der Waals surface area contributed by atoms with Crippen LogP contribution in [-0.2, 0) is 0 Å². The van der Waals surface area contributed by atoms with Crippen molar-refractivity contribution < 1.29 is 8.83 Å². The Morgan fingerprint density at radius 3 is 1.28 bits per heavy atom. The maximum Gasteiger partial charge on any atom is 0.147 e. The lowest BCUT2D eigenvalue weighted by Gasteiger charge is -2.09. The molecule has 0 spiro atoms. The van der Waals surface area contributed by atoms with Gasteiger partial charge in [-0.25, -0.2) is 0 Å². The summed E-state index contributed by atoms with van der Waals surface area (Å²) in [6, 6.07) is 61.2. The Balaban J connectivity index is 0.986. The van der Waals surface area contributed by atoms with E-state index in [1.54, 1.807) is 0 Å². The SMILES string of the molecule is c1ccc2c(c1)c1ccccc1n2-c1ccc2cc3c(cc2c1)oc1c3ccc2oc3cc4cc(-n5c6ccccc6c6ccccc65)ccc4cc3c21. The fourth-order valence-corrected chi connectivity index (χ4v) is 9.23. The Hall–Kier alpha value is -7.30. The van der Waals surface area contributed by atoms with Crippen molar-refractivity contribution in [3.8, 4) is 11.4 Å². The highest BCUT2D eigenvalue weighted by Gasteiger charge is 2.19. The quantitative estimate of drug-likeness (QED) is 0.181. The van der Waals surface area contributed by atoms with Gasteiger partial charge in [-0.15, -0.1) is 0 Å². The van der Waals surface area contributed by atoms with Crippen molar-refractivity contribution in [3.63, 3.8) is 0 Å². The molecule has 0 unspecified atom stereocenters. The first kappa shape index (κ1) is 28.3. The number of aromatic nitrogens is 2. The molecule has 4 aromatic heterocycles. The summed E-state index contributed by atoms with van der Waals surface area (Å²) < 4.78 is 18.1. The molecule has 0 aliphatic carbocycles. The largest absolute Gasteiger partial charge is 0.456 e. The first-order valence-electron chi connectivity index (χ1n) is 18.4. The van der Waals surface area contributed by atoms with Gasteiger partial charge in [0, 0.05) is 49.1 Å². The van der Waals surface area contributed by atoms with Gasteiger partial charge in [0.1, 0.15) is 22.3 Å². The maximum absolute atomic E-state index is 6.80. The monoisotopic (exact) mass is 688 g/mol. The van der Waals surface area contributed by atoms with Crippen molar-refractivity contribution in [2.24, 2.45) is 0 Å². The molecule has 0 saturated heterocycles. The van der Waals surface area contributed by atoms with E-state index in [1.807, 2.05) is 0 Å². The molecule has 0 aliphatic rings. The van der Waals surface area contributed by atoms with Crippen LogP contribution in [0.3, 0.4) is 0 Å². The minimum atomic E-state index is 0.827. The molecule has 250 valence electrons. The van der Waals surface area contributed by atoms with Gasteiger partial charge in [0.05, 0.1) is 27.5 Å². The molecular weight excluding hydrogens is 661 g/mol. The van der Waals surface area contributed by atoms with Crippen LogP contribution in [-0.4, -0.2) is 9.13 Å². The molecule has 0 N–H and O–H groups in total. The van der Waals surface area contributed by atoms with Crippen LogP contribution in [0.15, 0.2) is 179 Å². The molecule has 0 fully saturated rings. The molecule has 0 aliphatic heterocycles. The molecule has 0 bridgehead atoms. The maximum atomic E-state index is 6.80. The van der Waals surface area contributed by atoms with E-state index in [1.165, 1.54) is 49.0 Å². The van der Waals surface area contributed by atoms with Gasteiger partial charge >= 0.3 is 0 Å². The molecule has 0 amide bonds. The molecule has 13 aromatic rings. The summed E-state index contributed by atoms with van der Waals surface area (Å²) in [5, 5.41) is 13.9. The second-order valence-electron chi connectivity index (χ2n) is 14.5. The van der Waals surface area contributed by atoms with Crippen LogP contribution in [0.4, 0.5) is 0 Å². The summed E-state index contributed by atoms with van der Waals surface area (Å²) in [4.78, 5) is 0. The Morgan fingerprint density at radius 1 is 0.296 bits per heavy atom. The highest BCUT2D eigenvalue weighted by molar-refractivity contribution is 6.24. The minimum Gasteiger partial charge on any atom is -0.456 e. The zero-order valence-corrected chi connectivity index (χ0v) is 28.9. The third-order valence-electron chi connectivity index (χ3n) is 11.6. The number of para-hydroxylation sites is 4. The Bertz CT molecular complexity index is 3630. The van der Waals surface area contributed by atoms with Crippen LogP contribution >= 0.6 is 0 Å². The standard InChI is InChI=1S/C50H28N2O2/c1-5-13-42-35(9-1)36-10-2-6-14-43(36)51(42)33-19-17-29-25-40-39-21-22-46-49(50(39)54-47(40)27-31(29)23-33)41-26-30-18-20-34(24-32(30)28-48(41)53-46)52-44-15-7-3-11-37(44)38-12-4-8-16-45(38)52/h1-28H. The molecule has 0 saturated carbocycles. The number of hydrogen-bond acceptors (Lipinski definition) is 2. The van der Waals surface area contributed by atoms with E-state index in [-0.39, 0.29) is 0 Å². The predicted octanol–water partition coefficient (Wildman–Crippen LogP) is 14.0. The van der Waals surface area contributed by atoms with E-state index < -0.39 is 0 Å². The smallest absolute Gasteiger partial charge is 0.147 e. The van der Waals surface area contributed by atoms with Crippen LogP contribution in [0.1, 0.15) is 0 Å². The average Bonchev–Trinajstić information content (AvgIpc) is 3.96. The number of hydrogen-bond donors (Lipinski definition) is 0. The summed E-state index contributed by atoms with van der Waals surface area (Å²) in [5.74, 6) is 0. The zero-order valence-electron chi connectivity index (χ0n) is 28.9. The third kappa shape index (κ3) is 3.71.